The second-order valence-electron chi connectivity index (χ2n) is 7.89. The molecule has 0 bridgehead atoms. The molecule has 33 heavy (non-hydrogen) atoms. The van der Waals surface area contributed by atoms with Crippen LogP contribution in [-0.4, -0.2) is 39.7 Å². The summed E-state index contributed by atoms with van der Waals surface area (Å²) in [6.45, 7) is 5.24. The molecule has 0 aliphatic carbocycles. The topological polar surface area (TPSA) is 107 Å². The Morgan fingerprint density at radius 2 is 1.55 bits per heavy atom. The van der Waals surface area contributed by atoms with Crippen LogP contribution in [0.5, 0.6) is 0 Å². The van der Waals surface area contributed by atoms with Crippen LogP contribution in [0.2, 0.25) is 0 Å². The molecule has 0 atom stereocenters. The molecule has 3 aromatic rings. The van der Waals surface area contributed by atoms with Crippen molar-refractivity contribution in [3.8, 4) is 0 Å². The highest BCUT2D eigenvalue weighted by Gasteiger charge is 2.16. The summed E-state index contributed by atoms with van der Waals surface area (Å²) in [5.41, 5.74) is 6.32. The van der Waals surface area contributed by atoms with Gasteiger partial charge in [-0.15, -0.1) is 0 Å². The fourth-order valence-corrected chi connectivity index (χ4v) is 3.55. The summed E-state index contributed by atoms with van der Waals surface area (Å²) in [4.78, 5) is 27.1. The third-order valence-corrected chi connectivity index (χ3v) is 5.24. The molecular formula is C24H28N8O. The van der Waals surface area contributed by atoms with E-state index < -0.39 is 0 Å². The molecule has 1 aliphatic rings. The Balaban J connectivity index is 1.54. The highest BCUT2D eigenvalue weighted by atomic mass is 16.1. The molecular weight excluding hydrogens is 416 g/mol. The highest BCUT2D eigenvalue weighted by Crippen LogP contribution is 2.21. The van der Waals surface area contributed by atoms with Gasteiger partial charge < -0.3 is 15.5 Å². The largest absolute Gasteiger partial charge is 0.341 e. The van der Waals surface area contributed by atoms with Gasteiger partial charge in [-0.05, 0) is 56.0 Å². The van der Waals surface area contributed by atoms with Gasteiger partial charge in [0.15, 0.2) is 0 Å². The molecule has 9 nitrogen and oxygen atoms in total. The first-order chi connectivity index (χ1) is 16.1. The number of piperidine rings is 1. The number of para-hydroxylation sites is 1. The lowest BCUT2D eigenvalue weighted by atomic mass is 10.1. The van der Waals surface area contributed by atoms with E-state index >= 15 is 0 Å². The number of hydrogen-bond donors (Lipinski definition) is 3. The number of hydrazone groups is 1. The maximum atomic E-state index is 11.2. The summed E-state index contributed by atoms with van der Waals surface area (Å²) in [5, 5.41) is 10.5. The summed E-state index contributed by atoms with van der Waals surface area (Å²) >= 11 is 0. The van der Waals surface area contributed by atoms with E-state index in [2.05, 4.69) is 41.0 Å². The van der Waals surface area contributed by atoms with Crippen molar-refractivity contribution in [3.05, 3.63) is 60.2 Å². The van der Waals surface area contributed by atoms with Crippen LogP contribution in [-0.2, 0) is 4.79 Å². The van der Waals surface area contributed by atoms with Crippen molar-refractivity contribution in [1.29, 1.82) is 0 Å². The van der Waals surface area contributed by atoms with Crippen LogP contribution in [0, 0.1) is 0 Å². The van der Waals surface area contributed by atoms with Gasteiger partial charge in [-0.25, -0.2) is 5.43 Å². The van der Waals surface area contributed by atoms with E-state index in [0.717, 1.165) is 48.6 Å². The van der Waals surface area contributed by atoms with Crippen LogP contribution in [0.3, 0.4) is 0 Å². The highest BCUT2D eigenvalue weighted by molar-refractivity contribution is 5.99. The second kappa shape index (κ2) is 10.5. The van der Waals surface area contributed by atoms with Gasteiger partial charge in [-0.3, -0.25) is 4.79 Å². The van der Waals surface area contributed by atoms with Crippen molar-refractivity contribution >= 4 is 40.8 Å². The lowest BCUT2D eigenvalue weighted by molar-refractivity contribution is -0.114. The maximum Gasteiger partial charge on any atom is 0.250 e. The number of rotatable bonds is 7. The molecule has 1 amide bonds. The van der Waals surface area contributed by atoms with Gasteiger partial charge in [0, 0.05) is 31.4 Å². The standard InChI is InChI=1S/C24H28N8O/c1-17(19-11-13-21(14-12-19)25-18(2)33)30-31-23-27-22(26-20-9-5-3-6-10-20)28-24(29-23)32-15-7-4-8-16-32/h3,5-6,9-14H,4,7-8,15-16H2,1-2H3,(H,25,33)(H2,26,27,28,29,31)/b30-17+. The molecule has 0 radical (unpaired) electrons. The monoisotopic (exact) mass is 444 g/mol. The van der Waals surface area contributed by atoms with Crippen molar-refractivity contribution in [3.63, 3.8) is 0 Å². The number of aromatic nitrogens is 3. The Labute approximate surface area is 193 Å². The van der Waals surface area contributed by atoms with Crippen molar-refractivity contribution in [2.24, 2.45) is 5.10 Å². The van der Waals surface area contributed by atoms with Crippen molar-refractivity contribution in [1.82, 2.24) is 15.0 Å². The first-order valence-electron chi connectivity index (χ1n) is 11.1. The minimum absolute atomic E-state index is 0.103. The summed E-state index contributed by atoms with van der Waals surface area (Å²) in [5.74, 6) is 1.37. The van der Waals surface area contributed by atoms with E-state index in [9.17, 15) is 4.79 Å². The van der Waals surface area contributed by atoms with Crippen molar-refractivity contribution in [2.75, 3.05) is 34.0 Å². The number of anilines is 5. The van der Waals surface area contributed by atoms with Crippen LogP contribution in [0.1, 0.15) is 38.7 Å². The lowest BCUT2D eigenvalue weighted by Crippen LogP contribution is -2.31. The zero-order valence-corrected chi connectivity index (χ0v) is 18.9. The average Bonchev–Trinajstić information content (AvgIpc) is 2.84. The third kappa shape index (κ3) is 6.25. The molecule has 170 valence electrons. The number of nitrogens with one attached hydrogen (secondary N) is 3. The van der Waals surface area contributed by atoms with Crippen molar-refractivity contribution < 1.29 is 4.79 Å². The number of carbonyl (C=O) groups excluding carboxylic acids is 1. The first kappa shape index (κ1) is 22.2. The van der Waals surface area contributed by atoms with Gasteiger partial charge in [0.1, 0.15) is 0 Å². The smallest absolute Gasteiger partial charge is 0.250 e. The van der Waals surface area contributed by atoms with Crippen molar-refractivity contribution in [2.45, 2.75) is 33.1 Å². The van der Waals surface area contributed by atoms with E-state index in [4.69, 9.17) is 0 Å². The Kier molecular flexibility index (Phi) is 7.09. The molecule has 9 heteroatoms. The molecule has 1 fully saturated rings. The number of hydrogen-bond acceptors (Lipinski definition) is 8. The zero-order valence-electron chi connectivity index (χ0n) is 18.9. The Hall–Kier alpha value is -4.01. The molecule has 0 saturated carbocycles. The van der Waals surface area contributed by atoms with E-state index in [-0.39, 0.29) is 5.91 Å². The van der Waals surface area contributed by atoms with E-state index in [1.807, 2.05) is 61.5 Å². The van der Waals surface area contributed by atoms with Gasteiger partial charge in [-0.2, -0.15) is 20.1 Å². The Morgan fingerprint density at radius 3 is 2.24 bits per heavy atom. The number of benzene rings is 2. The number of nitrogens with zero attached hydrogens (tertiary/aromatic N) is 5. The van der Waals surface area contributed by atoms with Crippen LogP contribution in [0.15, 0.2) is 59.7 Å². The van der Waals surface area contributed by atoms with Gasteiger partial charge in [0.2, 0.25) is 23.8 Å². The van der Waals surface area contributed by atoms with Gasteiger partial charge in [0.25, 0.3) is 0 Å². The van der Waals surface area contributed by atoms with E-state index in [1.165, 1.54) is 13.3 Å². The second-order valence-corrected chi connectivity index (χ2v) is 7.89. The first-order valence-corrected chi connectivity index (χ1v) is 11.1. The SMILES string of the molecule is CC(=O)Nc1ccc(/C(C)=N/Nc2nc(Nc3ccccc3)nc(N3CCCCC3)n2)cc1. The summed E-state index contributed by atoms with van der Waals surface area (Å²) in [6, 6.07) is 17.3. The fourth-order valence-electron chi connectivity index (χ4n) is 3.55. The van der Waals surface area contributed by atoms with Crippen LogP contribution in [0.4, 0.5) is 29.2 Å². The molecule has 2 heterocycles. The third-order valence-electron chi connectivity index (χ3n) is 5.24. The Bertz CT molecular complexity index is 1110. The Morgan fingerprint density at radius 1 is 0.848 bits per heavy atom. The molecule has 2 aromatic carbocycles. The molecule has 0 unspecified atom stereocenters. The lowest BCUT2D eigenvalue weighted by Gasteiger charge is -2.26. The summed E-state index contributed by atoms with van der Waals surface area (Å²) < 4.78 is 0. The molecule has 3 N–H and O–H groups in total. The minimum atomic E-state index is -0.103. The van der Waals surface area contributed by atoms with Crippen LogP contribution < -0.4 is 21.0 Å². The average molecular weight is 445 g/mol. The normalized spacial score (nSPS) is 14.0. The zero-order chi connectivity index (χ0) is 23.0. The molecule has 1 saturated heterocycles. The maximum absolute atomic E-state index is 11.2. The predicted octanol–water partition coefficient (Wildman–Crippen LogP) is 4.40. The number of carbonyl (C=O) groups is 1. The van der Waals surface area contributed by atoms with E-state index in [1.54, 1.807) is 0 Å². The molecule has 1 aromatic heterocycles. The minimum Gasteiger partial charge on any atom is -0.341 e. The van der Waals surface area contributed by atoms with Crippen LogP contribution in [0.25, 0.3) is 0 Å². The molecule has 4 rings (SSSR count). The summed E-state index contributed by atoms with van der Waals surface area (Å²) in [7, 11) is 0. The summed E-state index contributed by atoms with van der Waals surface area (Å²) in [6.07, 6.45) is 3.48. The van der Waals surface area contributed by atoms with E-state index in [0.29, 0.717) is 17.8 Å². The quantitative estimate of drug-likeness (QED) is 0.366. The molecule has 1 aliphatic heterocycles. The predicted molar refractivity (Wildman–Crippen MR) is 132 cm³/mol. The van der Waals surface area contributed by atoms with Crippen LogP contribution >= 0.6 is 0 Å². The molecule has 0 spiro atoms. The fraction of sp³-hybridized carbons (Fsp3) is 0.292. The van der Waals surface area contributed by atoms with Gasteiger partial charge in [-0.1, -0.05) is 30.3 Å². The van der Waals surface area contributed by atoms with Gasteiger partial charge >= 0.3 is 0 Å². The van der Waals surface area contributed by atoms with Gasteiger partial charge in [0.05, 0.1) is 5.71 Å². The number of amides is 1.